The fraction of sp³-hybridized carbons (Fsp3) is 0.700. The molecule has 0 saturated carbocycles. The van der Waals surface area contributed by atoms with Gasteiger partial charge in [0.15, 0.2) is 5.13 Å². The second-order valence-corrected chi connectivity index (χ2v) is 4.77. The van der Waals surface area contributed by atoms with Crippen molar-refractivity contribution in [2.45, 2.75) is 26.1 Å². The number of halogens is 3. The van der Waals surface area contributed by atoms with Crippen molar-refractivity contribution in [1.29, 1.82) is 0 Å². The molecule has 0 aliphatic carbocycles. The SMILES string of the molecule is CCNCc1cnc(N(C)CCC(F)(F)F)s1. The van der Waals surface area contributed by atoms with Gasteiger partial charge in [-0.05, 0) is 6.54 Å². The summed E-state index contributed by atoms with van der Waals surface area (Å²) in [5.74, 6) is 0. The Bertz CT molecular complexity index is 338. The number of nitrogens with zero attached hydrogens (tertiary/aromatic N) is 2. The average molecular weight is 267 g/mol. The minimum absolute atomic E-state index is 0.0579. The lowest BCUT2D eigenvalue weighted by Crippen LogP contribution is -2.23. The van der Waals surface area contributed by atoms with Gasteiger partial charge in [-0.3, -0.25) is 0 Å². The highest BCUT2D eigenvalue weighted by molar-refractivity contribution is 7.15. The molecule has 0 unspecified atom stereocenters. The first-order chi connectivity index (χ1) is 7.92. The Morgan fingerprint density at radius 3 is 2.76 bits per heavy atom. The van der Waals surface area contributed by atoms with Gasteiger partial charge in [0.1, 0.15) is 0 Å². The van der Waals surface area contributed by atoms with Crippen molar-refractivity contribution in [2.75, 3.05) is 25.0 Å². The molecule has 1 aromatic heterocycles. The zero-order valence-corrected chi connectivity index (χ0v) is 10.7. The van der Waals surface area contributed by atoms with Crippen LogP contribution in [0.5, 0.6) is 0 Å². The molecule has 0 radical (unpaired) electrons. The summed E-state index contributed by atoms with van der Waals surface area (Å²) in [6.45, 7) is 3.51. The van der Waals surface area contributed by atoms with E-state index in [4.69, 9.17) is 0 Å². The van der Waals surface area contributed by atoms with E-state index in [2.05, 4.69) is 10.3 Å². The Hall–Kier alpha value is -0.820. The van der Waals surface area contributed by atoms with Gasteiger partial charge >= 0.3 is 6.18 Å². The Balaban J connectivity index is 2.46. The molecule has 0 aliphatic heterocycles. The highest BCUT2D eigenvalue weighted by Gasteiger charge is 2.27. The van der Waals surface area contributed by atoms with Gasteiger partial charge in [0, 0.05) is 31.2 Å². The van der Waals surface area contributed by atoms with Gasteiger partial charge in [-0.25, -0.2) is 4.98 Å². The first-order valence-corrected chi connectivity index (χ1v) is 6.17. The topological polar surface area (TPSA) is 28.2 Å². The van der Waals surface area contributed by atoms with E-state index in [0.717, 1.165) is 11.4 Å². The van der Waals surface area contributed by atoms with Crippen LogP contribution >= 0.6 is 11.3 Å². The van der Waals surface area contributed by atoms with Crippen LogP contribution in [0.1, 0.15) is 18.2 Å². The number of alkyl halides is 3. The summed E-state index contributed by atoms with van der Waals surface area (Å²) in [6.07, 6.45) is -3.23. The highest BCUT2D eigenvalue weighted by Crippen LogP contribution is 2.24. The third kappa shape index (κ3) is 5.36. The molecule has 0 fully saturated rings. The van der Waals surface area contributed by atoms with Gasteiger partial charge in [-0.15, -0.1) is 11.3 Å². The molecule has 3 nitrogen and oxygen atoms in total. The lowest BCUT2D eigenvalue weighted by atomic mass is 10.4. The molecule has 17 heavy (non-hydrogen) atoms. The molecule has 0 amide bonds. The van der Waals surface area contributed by atoms with E-state index < -0.39 is 12.6 Å². The number of hydrogen-bond donors (Lipinski definition) is 1. The monoisotopic (exact) mass is 267 g/mol. The summed E-state index contributed by atoms with van der Waals surface area (Å²) in [5.41, 5.74) is 0. The summed E-state index contributed by atoms with van der Waals surface area (Å²) in [4.78, 5) is 6.67. The summed E-state index contributed by atoms with van der Waals surface area (Å²) in [5, 5.41) is 3.77. The molecule has 1 heterocycles. The summed E-state index contributed by atoms with van der Waals surface area (Å²) in [7, 11) is 1.63. The number of hydrogen-bond acceptors (Lipinski definition) is 4. The fourth-order valence-corrected chi connectivity index (χ4v) is 2.06. The largest absolute Gasteiger partial charge is 0.390 e. The molecule has 0 atom stereocenters. The smallest absolute Gasteiger partial charge is 0.351 e. The van der Waals surface area contributed by atoms with Crippen LogP contribution in [-0.4, -0.2) is 31.3 Å². The molecule has 7 heteroatoms. The van der Waals surface area contributed by atoms with Crippen molar-refractivity contribution in [3.8, 4) is 0 Å². The van der Waals surface area contributed by atoms with E-state index in [1.165, 1.54) is 16.2 Å². The predicted molar refractivity (Wildman–Crippen MR) is 63.4 cm³/mol. The van der Waals surface area contributed by atoms with E-state index in [1.807, 2.05) is 6.92 Å². The Morgan fingerprint density at radius 2 is 2.18 bits per heavy atom. The third-order valence-corrected chi connectivity index (χ3v) is 3.26. The van der Waals surface area contributed by atoms with Crippen LogP contribution in [0.2, 0.25) is 0 Å². The zero-order valence-electron chi connectivity index (χ0n) is 9.84. The van der Waals surface area contributed by atoms with E-state index in [-0.39, 0.29) is 6.54 Å². The van der Waals surface area contributed by atoms with Gasteiger partial charge in [-0.2, -0.15) is 13.2 Å². The van der Waals surface area contributed by atoms with Crippen LogP contribution in [0.3, 0.4) is 0 Å². The second-order valence-electron chi connectivity index (χ2n) is 3.68. The van der Waals surface area contributed by atoms with Crippen molar-refractivity contribution in [1.82, 2.24) is 10.3 Å². The minimum atomic E-state index is -4.11. The van der Waals surface area contributed by atoms with Crippen molar-refractivity contribution < 1.29 is 13.2 Å². The lowest BCUT2D eigenvalue weighted by Gasteiger charge is -2.16. The maximum atomic E-state index is 12.0. The second kappa shape index (κ2) is 6.20. The number of thiazole rings is 1. The van der Waals surface area contributed by atoms with E-state index in [0.29, 0.717) is 11.7 Å². The molecule has 0 spiro atoms. The lowest BCUT2D eigenvalue weighted by molar-refractivity contribution is -0.132. The van der Waals surface area contributed by atoms with Crippen LogP contribution < -0.4 is 10.2 Å². The molecular weight excluding hydrogens is 251 g/mol. The molecule has 1 N–H and O–H groups in total. The molecular formula is C10H16F3N3S. The Morgan fingerprint density at radius 1 is 1.47 bits per heavy atom. The first-order valence-electron chi connectivity index (χ1n) is 5.35. The standard InChI is InChI=1S/C10H16F3N3S/c1-3-14-6-8-7-15-9(17-8)16(2)5-4-10(11,12)13/h7,14H,3-6H2,1-2H3. The third-order valence-electron chi connectivity index (χ3n) is 2.15. The van der Waals surface area contributed by atoms with Crippen LogP contribution in [-0.2, 0) is 6.54 Å². The predicted octanol–water partition coefficient (Wildman–Crippen LogP) is 2.64. The quantitative estimate of drug-likeness (QED) is 0.859. The molecule has 0 saturated heterocycles. The summed E-state index contributed by atoms with van der Waals surface area (Å²) >= 11 is 1.42. The van der Waals surface area contributed by atoms with Gasteiger partial charge in [-0.1, -0.05) is 6.92 Å². The van der Waals surface area contributed by atoms with E-state index in [9.17, 15) is 13.2 Å². The molecule has 0 bridgehead atoms. The molecule has 1 aromatic rings. The molecule has 0 aromatic carbocycles. The van der Waals surface area contributed by atoms with Crippen LogP contribution in [0, 0.1) is 0 Å². The van der Waals surface area contributed by atoms with Crippen LogP contribution in [0.4, 0.5) is 18.3 Å². The normalized spacial score (nSPS) is 11.8. The number of nitrogens with one attached hydrogen (secondary N) is 1. The van der Waals surface area contributed by atoms with Gasteiger partial charge < -0.3 is 10.2 Å². The maximum absolute atomic E-state index is 12.0. The number of aromatic nitrogens is 1. The van der Waals surface area contributed by atoms with E-state index in [1.54, 1.807) is 13.2 Å². The fourth-order valence-electron chi connectivity index (χ4n) is 1.19. The van der Waals surface area contributed by atoms with Gasteiger partial charge in [0.2, 0.25) is 0 Å². The van der Waals surface area contributed by atoms with Crippen molar-refractivity contribution >= 4 is 16.5 Å². The average Bonchev–Trinajstić information content (AvgIpc) is 2.70. The maximum Gasteiger partial charge on any atom is 0.390 e. The number of anilines is 1. The Labute approximate surface area is 103 Å². The first kappa shape index (κ1) is 14.2. The van der Waals surface area contributed by atoms with Crippen molar-refractivity contribution in [2.24, 2.45) is 0 Å². The number of rotatable bonds is 6. The van der Waals surface area contributed by atoms with Crippen LogP contribution in [0.15, 0.2) is 6.20 Å². The van der Waals surface area contributed by atoms with Gasteiger partial charge in [0.05, 0.1) is 6.42 Å². The molecule has 98 valence electrons. The summed E-state index contributed by atoms with van der Waals surface area (Å²) < 4.78 is 36.1. The zero-order chi connectivity index (χ0) is 12.9. The van der Waals surface area contributed by atoms with E-state index >= 15 is 0 Å². The Kier molecular flexibility index (Phi) is 5.20. The van der Waals surface area contributed by atoms with Crippen molar-refractivity contribution in [3.05, 3.63) is 11.1 Å². The molecule has 0 aliphatic rings. The van der Waals surface area contributed by atoms with Crippen LogP contribution in [0.25, 0.3) is 0 Å². The highest BCUT2D eigenvalue weighted by atomic mass is 32.1. The summed E-state index contributed by atoms with van der Waals surface area (Å²) in [6, 6.07) is 0. The molecule has 1 rings (SSSR count). The van der Waals surface area contributed by atoms with Gasteiger partial charge in [0.25, 0.3) is 0 Å². The van der Waals surface area contributed by atoms with Crippen molar-refractivity contribution in [3.63, 3.8) is 0 Å². The minimum Gasteiger partial charge on any atom is -0.351 e.